The van der Waals surface area contributed by atoms with Gasteiger partial charge in [0.25, 0.3) is 21.6 Å². The molecule has 30 heavy (non-hydrogen) atoms. The zero-order valence-electron chi connectivity index (χ0n) is 15.6. The van der Waals surface area contributed by atoms with Crippen LogP contribution in [0.15, 0.2) is 71.6 Å². The van der Waals surface area contributed by atoms with Gasteiger partial charge in [-0.3, -0.25) is 19.6 Å². The fraction of sp³-hybridized carbons (Fsp3) is 0.0500. The van der Waals surface area contributed by atoms with Gasteiger partial charge >= 0.3 is 0 Å². The molecule has 0 atom stereocenters. The summed E-state index contributed by atoms with van der Waals surface area (Å²) in [6.07, 6.45) is 0. The maximum absolute atomic E-state index is 12.6. The van der Waals surface area contributed by atoms with Gasteiger partial charge in [-0.2, -0.15) is 0 Å². The topological polar surface area (TPSA) is 118 Å². The summed E-state index contributed by atoms with van der Waals surface area (Å²) in [5.74, 6) is -0.582. The molecule has 0 bridgehead atoms. The first kappa shape index (κ1) is 21.3. The predicted molar refractivity (Wildman–Crippen MR) is 114 cm³/mol. The fourth-order valence-electron chi connectivity index (χ4n) is 2.62. The van der Waals surface area contributed by atoms with Gasteiger partial charge < -0.3 is 5.32 Å². The number of aryl methyl sites for hydroxylation is 1. The van der Waals surface area contributed by atoms with E-state index < -0.39 is 20.9 Å². The van der Waals surface area contributed by atoms with Gasteiger partial charge in [-0.15, -0.1) is 0 Å². The number of hydrogen-bond acceptors (Lipinski definition) is 5. The number of rotatable bonds is 6. The average molecular weight is 446 g/mol. The predicted octanol–water partition coefficient (Wildman–Crippen LogP) is 4.61. The quantitative estimate of drug-likeness (QED) is 0.424. The lowest BCUT2D eigenvalue weighted by atomic mass is 10.1. The molecule has 0 fully saturated rings. The molecule has 0 aliphatic heterocycles. The molecule has 0 saturated carbocycles. The molecule has 0 unspecified atom stereocenters. The van der Waals surface area contributed by atoms with Crippen LogP contribution >= 0.6 is 11.6 Å². The monoisotopic (exact) mass is 445 g/mol. The molecule has 0 heterocycles. The highest BCUT2D eigenvalue weighted by molar-refractivity contribution is 7.92. The second kappa shape index (κ2) is 8.52. The van der Waals surface area contributed by atoms with E-state index in [2.05, 4.69) is 10.0 Å². The number of sulfonamides is 1. The number of carbonyl (C=O) groups is 1. The molecule has 0 saturated heterocycles. The van der Waals surface area contributed by atoms with Crippen molar-refractivity contribution in [1.29, 1.82) is 0 Å². The van der Waals surface area contributed by atoms with E-state index in [9.17, 15) is 23.3 Å². The van der Waals surface area contributed by atoms with Crippen molar-refractivity contribution < 1.29 is 18.1 Å². The largest absolute Gasteiger partial charge is 0.321 e. The maximum atomic E-state index is 12.6. The van der Waals surface area contributed by atoms with Crippen LogP contribution in [0, 0.1) is 17.0 Å². The Morgan fingerprint density at radius 3 is 2.37 bits per heavy atom. The summed E-state index contributed by atoms with van der Waals surface area (Å²) in [6, 6.07) is 16.0. The number of nitrogens with zero attached hydrogens (tertiary/aromatic N) is 1. The maximum Gasteiger partial charge on any atom is 0.271 e. The Balaban J connectivity index is 1.81. The Bertz CT molecular complexity index is 1230. The molecule has 8 nitrogen and oxygen atoms in total. The molecule has 0 radical (unpaired) electrons. The molecule has 2 N–H and O–H groups in total. The third kappa shape index (κ3) is 4.76. The number of nitro groups is 1. The molecule has 3 aromatic rings. The lowest BCUT2D eigenvalue weighted by Gasteiger charge is -2.12. The summed E-state index contributed by atoms with van der Waals surface area (Å²) < 4.78 is 27.2. The van der Waals surface area contributed by atoms with Gasteiger partial charge in [0, 0.05) is 12.1 Å². The van der Waals surface area contributed by atoms with Crippen molar-refractivity contribution in [3.63, 3.8) is 0 Å². The minimum absolute atomic E-state index is 0.0174. The fourth-order valence-corrected chi connectivity index (χ4v) is 3.96. The Morgan fingerprint density at radius 2 is 1.73 bits per heavy atom. The van der Waals surface area contributed by atoms with Crippen LogP contribution in [0.4, 0.5) is 17.1 Å². The normalized spacial score (nSPS) is 11.0. The third-order valence-corrected chi connectivity index (χ3v) is 5.91. The highest BCUT2D eigenvalue weighted by Gasteiger charge is 2.17. The van der Waals surface area contributed by atoms with Gasteiger partial charge in [0.2, 0.25) is 0 Å². The van der Waals surface area contributed by atoms with Crippen LogP contribution < -0.4 is 10.0 Å². The van der Waals surface area contributed by atoms with E-state index in [-0.39, 0.29) is 32.5 Å². The standard InChI is InChI=1S/C20H16ClN3O5S/c1-13-7-9-15(24(26)27)12-19(13)22-20(25)17-10-8-14(11-18(17)21)23-30(28,29)16-5-3-2-4-6-16/h2-12,23H,1H3,(H,22,25). The Morgan fingerprint density at radius 1 is 1.03 bits per heavy atom. The van der Waals surface area contributed by atoms with Crippen molar-refractivity contribution >= 4 is 44.6 Å². The molecular formula is C20H16ClN3O5S. The Labute approximate surface area is 177 Å². The first-order valence-electron chi connectivity index (χ1n) is 8.61. The minimum Gasteiger partial charge on any atom is -0.321 e. The number of hydrogen-bond donors (Lipinski definition) is 2. The van der Waals surface area contributed by atoms with Crippen LogP contribution in [-0.4, -0.2) is 19.2 Å². The van der Waals surface area contributed by atoms with Crippen LogP contribution in [0.1, 0.15) is 15.9 Å². The van der Waals surface area contributed by atoms with Gasteiger partial charge in [-0.25, -0.2) is 8.42 Å². The zero-order valence-corrected chi connectivity index (χ0v) is 17.2. The Hall–Kier alpha value is -3.43. The first-order chi connectivity index (χ1) is 14.2. The van der Waals surface area contributed by atoms with E-state index in [1.807, 2.05) is 0 Å². The van der Waals surface area contributed by atoms with Gasteiger partial charge in [-0.05, 0) is 42.8 Å². The number of nitro benzene ring substituents is 1. The summed E-state index contributed by atoms with van der Waals surface area (Å²) >= 11 is 6.18. The first-order valence-corrected chi connectivity index (χ1v) is 10.5. The molecule has 3 rings (SSSR count). The molecule has 0 spiro atoms. The van der Waals surface area contributed by atoms with Gasteiger partial charge in [-0.1, -0.05) is 35.9 Å². The lowest BCUT2D eigenvalue weighted by Crippen LogP contribution is -2.15. The van der Waals surface area contributed by atoms with Crippen LogP contribution in [-0.2, 0) is 10.0 Å². The van der Waals surface area contributed by atoms with Crippen molar-refractivity contribution in [2.75, 3.05) is 10.0 Å². The summed E-state index contributed by atoms with van der Waals surface area (Å²) in [6.45, 7) is 1.70. The zero-order chi connectivity index (χ0) is 21.9. The second-order valence-electron chi connectivity index (χ2n) is 6.32. The summed E-state index contributed by atoms with van der Waals surface area (Å²) in [4.78, 5) is 23.1. The van der Waals surface area contributed by atoms with E-state index in [1.54, 1.807) is 25.1 Å². The lowest BCUT2D eigenvalue weighted by molar-refractivity contribution is -0.384. The molecule has 0 aromatic heterocycles. The Kier molecular flexibility index (Phi) is 6.04. The smallest absolute Gasteiger partial charge is 0.271 e. The number of benzene rings is 3. The van der Waals surface area contributed by atoms with Crippen molar-refractivity contribution in [3.05, 3.63) is 93.0 Å². The summed E-state index contributed by atoms with van der Waals surface area (Å²) in [5, 5.41) is 13.6. The number of halogens is 1. The number of nitrogens with one attached hydrogen (secondary N) is 2. The molecule has 3 aromatic carbocycles. The van der Waals surface area contributed by atoms with Gasteiger partial charge in [0.15, 0.2) is 0 Å². The van der Waals surface area contributed by atoms with Crippen LogP contribution in [0.3, 0.4) is 0 Å². The SMILES string of the molecule is Cc1ccc([N+](=O)[O-])cc1NC(=O)c1ccc(NS(=O)(=O)c2ccccc2)cc1Cl. The van der Waals surface area contributed by atoms with Crippen molar-refractivity contribution in [2.24, 2.45) is 0 Å². The van der Waals surface area contributed by atoms with Crippen LogP contribution in [0.2, 0.25) is 5.02 Å². The van der Waals surface area contributed by atoms with E-state index in [1.165, 1.54) is 48.5 Å². The van der Waals surface area contributed by atoms with Crippen molar-refractivity contribution in [2.45, 2.75) is 11.8 Å². The van der Waals surface area contributed by atoms with E-state index in [0.29, 0.717) is 5.56 Å². The van der Waals surface area contributed by atoms with Gasteiger partial charge in [0.1, 0.15) is 0 Å². The molecule has 0 aliphatic carbocycles. The highest BCUT2D eigenvalue weighted by atomic mass is 35.5. The molecular weight excluding hydrogens is 430 g/mol. The van der Waals surface area contributed by atoms with E-state index in [0.717, 1.165) is 0 Å². The third-order valence-electron chi connectivity index (χ3n) is 4.20. The minimum atomic E-state index is -3.80. The van der Waals surface area contributed by atoms with E-state index >= 15 is 0 Å². The summed E-state index contributed by atoms with van der Waals surface area (Å²) in [5.41, 5.74) is 1.03. The number of anilines is 2. The van der Waals surface area contributed by atoms with Crippen molar-refractivity contribution in [3.8, 4) is 0 Å². The molecule has 154 valence electrons. The van der Waals surface area contributed by atoms with Crippen molar-refractivity contribution in [1.82, 2.24) is 0 Å². The average Bonchev–Trinajstić information content (AvgIpc) is 2.70. The number of non-ortho nitro benzene ring substituents is 1. The number of carbonyl (C=O) groups excluding carboxylic acids is 1. The van der Waals surface area contributed by atoms with Gasteiger partial charge in [0.05, 0.1) is 31.8 Å². The molecule has 1 amide bonds. The number of amides is 1. The highest BCUT2D eigenvalue weighted by Crippen LogP contribution is 2.26. The molecule has 10 heteroatoms. The van der Waals surface area contributed by atoms with E-state index in [4.69, 9.17) is 11.6 Å². The van der Waals surface area contributed by atoms with Crippen LogP contribution in [0.5, 0.6) is 0 Å². The summed E-state index contributed by atoms with van der Waals surface area (Å²) in [7, 11) is -3.80. The van der Waals surface area contributed by atoms with Crippen LogP contribution in [0.25, 0.3) is 0 Å². The molecule has 0 aliphatic rings. The second-order valence-corrected chi connectivity index (χ2v) is 8.41.